The van der Waals surface area contributed by atoms with Crippen molar-refractivity contribution in [1.82, 2.24) is 10.6 Å². The number of nitrogens with one attached hydrogen (secondary N) is 2. The molecule has 1 aliphatic rings. The smallest absolute Gasteiger partial charge is 0.253 e. The van der Waals surface area contributed by atoms with Gasteiger partial charge >= 0.3 is 0 Å². The Morgan fingerprint density at radius 2 is 1.60 bits per heavy atom. The van der Waals surface area contributed by atoms with Crippen LogP contribution in [-0.4, -0.2) is 37.0 Å². The van der Waals surface area contributed by atoms with Crippen molar-refractivity contribution in [2.75, 3.05) is 18.0 Å². The summed E-state index contributed by atoms with van der Waals surface area (Å²) in [5.74, 6) is 0.434. The van der Waals surface area contributed by atoms with E-state index in [0.29, 0.717) is 12.3 Å². The van der Waals surface area contributed by atoms with Gasteiger partial charge in [-0.25, -0.2) is 0 Å². The van der Waals surface area contributed by atoms with E-state index in [4.69, 9.17) is 0 Å². The molecule has 1 aliphatic heterocycles. The lowest BCUT2D eigenvalue weighted by Gasteiger charge is -2.35. The summed E-state index contributed by atoms with van der Waals surface area (Å²) in [5, 5.41) is 6.28. The second kappa shape index (κ2) is 10.3. The maximum absolute atomic E-state index is 12.8. The van der Waals surface area contributed by atoms with E-state index in [1.807, 2.05) is 61.5 Å². The number of para-hydroxylation sites is 1. The Morgan fingerprint density at radius 3 is 2.27 bits per heavy atom. The summed E-state index contributed by atoms with van der Waals surface area (Å²) in [7, 11) is 0. The molecule has 5 nitrogen and oxygen atoms in total. The van der Waals surface area contributed by atoms with Crippen LogP contribution in [0.5, 0.6) is 0 Å². The summed E-state index contributed by atoms with van der Waals surface area (Å²) < 4.78 is 0. The van der Waals surface area contributed by atoms with E-state index in [-0.39, 0.29) is 23.9 Å². The van der Waals surface area contributed by atoms with Crippen molar-refractivity contribution in [3.63, 3.8) is 0 Å². The Labute approximate surface area is 179 Å². The van der Waals surface area contributed by atoms with Gasteiger partial charge in [-0.15, -0.1) is 0 Å². The lowest BCUT2D eigenvalue weighted by molar-refractivity contribution is -0.121. The Kier molecular flexibility index (Phi) is 7.50. The third-order valence-corrected chi connectivity index (χ3v) is 5.92. The van der Waals surface area contributed by atoms with Crippen LogP contribution in [0.15, 0.2) is 54.6 Å². The highest BCUT2D eigenvalue weighted by Crippen LogP contribution is 2.24. The number of benzene rings is 2. The predicted octanol–water partition coefficient (Wildman–Crippen LogP) is 3.79. The van der Waals surface area contributed by atoms with Crippen molar-refractivity contribution in [1.29, 1.82) is 0 Å². The number of anilines is 1. The zero-order valence-corrected chi connectivity index (χ0v) is 18.2. The number of piperidine rings is 1. The van der Waals surface area contributed by atoms with Crippen LogP contribution in [0.25, 0.3) is 0 Å². The van der Waals surface area contributed by atoms with Crippen LogP contribution < -0.4 is 15.5 Å². The fourth-order valence-electron chi connectivity index (χ4n) is 3.72. The highest BCUT2D eigenvalue weighted by atomic mass is 16.2. The van der Waals surface area contributed by atoms with E-state index in [1.54, 1.807) is 0 Å². The molecule has 160 valence electrons. The van der Waals surface area contributed by atoms with Crippen LogP contribution in [0, 0.1) is 5.92 Å². The topological polar surface area (TPSA) is 61.4 Å². The number of hydrogen-bond acceptors (Lipinski definition) is 3. The SMILES string of the molecule is CC(C)[C@@H](C)NC(=O)c1ccccc1N1CCC(NC(=O)Cc2ccccc2)CC1. The standard InChI is InChI=1S/C25H33N3O2/c1-18(2)19(3)26-25(30)22-11-7-8-12-23(22)28-15-13-21(14-16-28)27-24(29)17-20-9-5-4-6-10-20/h4-12,18-19,21H,13-17H2,1-3H3,(H,26,30)(H,27,29)/t19-/m1/s1. The maximum Gasteiger partial charge on any atom is 0.253 e. The lowest BCUT2D eigenvalue weighted by atomic mass is 10.0. The second-order valence-electron chi connectivity index (χ2n) is 8.51. The van der Waals surface area contributed by atoms with Gasteiger partial charge in [-0.05, 0) is 43.4 Å². The van der Waals surface area contributed by atoms with Gasteiger partial charge in [-0.2, -0.15) is 0 Å². The zero-order valence-electron chi connectivity index (χ0n) is 18.2. The molecular weight excluding hydrogens is 374 g/mol. The number of carbonyl (C=O) groups is 2. The Morgan fingerprint density at radius 1 is 0.967 bits per heavy atom. The average Bonchev–Trinajstić information content (AvgIpc) is 2.75. The minimum atomic E-state index is -0.0231. The molecule has 0 radical (unpaired) electrons. The third kappa shape index (κ3) is 5.85. The van der Waals surface area contributed by atoms with Gasteiger partial charge in [0, 0.05) is 30.9 Å². The molecule has 2 N–H and O–H groups in total. The summed E-state index contributed by atoms with van der Waals surface area (Å²) in [6.45, 7) is 7.89. The molecule has 0 spiro atoms. The monoisotopic (exact) mass is 407 g/mol. The summed E-state index contributed by atoms with van der Waals surface area (Å²) in [5.41, 5.74) is 2.72. The van der Waals surface area contributed by atoms with Crippen LogP contribution in [0.3, 0.4) is 0 Å². The van der Waals surface area contributed by atoms with Crippen molar-refractivity contribution in [3.05, 3.63) is 65.7 Å². The van der Waals surface area contributed by atoms with Gasteiger partial charge in [0.2, 0.25) is 5.91 Å². The summed E-state index contributed by atoms with van der Waals surface area (Å²) in [6.07, 6.45) is 2.16. The Hall–Kier alpha value is -2.82. The minimum absolute atomic E-state index is 0.0231. The van der Waals surface area contributed by atoms with Gasteiger partial charge in [0.05, 0.1) is 12.0 Å². The largest absolute Gasteiger partial charge is 0.371 e. The first kappa shape index (κ1) is 21.9. The fourth-order valence-corrected chi connectivity index (χ4v) is 3.72. The number of nitrogens with zero attached hydrogens (tertiary/aromatic N) is 1. The molecule has 1 fully saturated rings. The third-order valence-electron chi connectivity index (χ3n) is 5.92. The Bertz CT molecular complexity index is 842. The molecule has 30 heavy (non-hydrogen) atoms. The van der Waals surface area contributed by atoms with Gasteiger partial charge in [0.1, 0.15) is 0 Å². The summed E-state index contributed by atoms with van der Waals surface area (Å²) >= 11 is 0. The molecule has 5 heteroatoms. The first-order valence-electron chi connectivity index (χ1n) is 10.9. The van der Waals surface area contributed by atoms with E-state index in [2.05, 4.69) is 29.4 Å². The molecular formula is C25H33N3O2. The van der Waals surface area contributed by atoms with E-state index >= 15 is 0 Å². The van der Waals surface area contributed by atoms with Gasteiger partial charge in [-0.3, -0.25) is 9.59 Å². The second-order valence-corrected chi connectivity index (χ2v) is 8.51. The lowest BCUT2D eigenvalue weighted by Crippen LogP contribution is -2.45. The molecule has 2 aromatic rings. The van der Waals surface area contributed by atoms with Crippen molar-refractivity contribution < 1.29 is 9.59 Å². The quantitative estimate of drug-likeness (QED) is 0.734. The van der Waals surface area contributed by atoms with Crippen LogP contribution in [0.4, 0.5) is 5.69 Å². The normalized spacial score (nSPS) is 15.7. The molecule has 0 saturated carbocycles. The predicted molar refractivity (Wildman–Crippen MR) is 122 cm³/mol. The molecule has 0 bridgehead atoms. The van der Waals surface area contributed by atoms with E-state index in [0.717, 1.165) is 42.7 Å². The number of hydrogen-bond donors (Lipinski definition) is 2. The van der Waals surface area contributed by atoms with Crippen LogP contribution in [0.1, 0.15) is 49.5 Å². The molecule has 0 unspecified atom stereocenters. The molecule has 1 atom stereocenters. The molecule has 0 aliphatic carbocycles. The van der Waals surface area contributed by atoms with E-state index in [9.17, 15) is 9.59 Å². The van der Waals surface area contributed by atoms with Gasteiger partial charge in [0.25, 0.3) is 5.91 Å². The van der Waals surface area contributed by atoms with Gasteiger partial charge in [-0.1, -0.05) is 56.3 Å². The Balaban J connectivity index is 1.56. The van der Waals surface area contributed by atoms with Gasteiger partial charge in [0.15, 0.2) is 0 Å². The molecule has 3 rings (SSSR count). The highest BCUT2D eigenvalue weighted by Gasteiger charge is 2.24. The number of carbonyl (C=O) groups excluding carboxylic acids is 2. The van der Waals surface area contributed by atoms with Crippen molar-refractivity contribution in [3.8, 4) is 0 Å². The minimum Gasteiger partial charge on any atom is -0.371 e. The maximum atomic E-state index is 12.8. The zero-order chi connectivity index (χ0) is 21.5. The first-order chi connectivity index (χ1) is 14.4. The molecule has 1 saturated heterocycles. The number of amides is 2. The van der Waals surface area contributed by atoms with Crippen molar-refractivity contribution in [2.45, 2.75) is 52.1 Å². The van der Waals surface area contributed by atoms with Crippen molar-refractivity contribution in [2.24, 2.45) is 5.92 Å². The summed E-state index contributed by atoms with van der Waals surface area (Å²) in [6, 6.07) is 17.9. The molecule has 2 aromatic carbocycles. The molecule has 1 heterocycles. The van der Waals surface area contributed by atoms with Gasteiger partial charge < -0.3 is 15.5 Å². The molecule has 2 amide bonds. The fraction of sp³-hybridized carbons (Fsp3) is 0.440. The first-order valence-corrected chi connectivity index (χ1v) is 10.9. The van der Waals surface area contributed by atoms with Crippen LogP contribution in [-0.2, 0) is 11.2 Å². The summed E-state index contributed by atoms with van der Waals surface area (Å²) in [4.78, 5) is 27.4. The van der Waals surface area contributed by atoms with Crippen LogP contribution in [0.2, 0.25) is 0 Å². The van der Waals surface area contributed by atoms with E-state index < -0.39 is 0 Å². The average molecular weight is 408 g/mol. The van der Waals surface area contributed by atoms with Crippen LogP contribution >= 0.6 is 0 Å². The highest BCUT2D eigenvalue weighted by molar-refractivity contribution is 6.00. The molecule has 0 aromatic heterocycles. The van der Waals surface area contributed by atoms with Crippen molar-refractivity contribution >= 4 is 17.5 Å². The van der Waals surface area contributed by atoms with E-state index in [1.165, 1.54) is 0 Å². The number of rotatable bonds is 7.